The first-order valence-corrected chi connectivity index (χ1v) is 7.40. The van der Waals surface area contributed by atoms with Gasteiger partial charge in [-0.25, -0.2) is 0 Å². The van der Waals surface area contributed by atoms with Gasteiger partial charge in [0.2, 0.25) is 0 Å². The van der Waals surface area contributed by atoms with Crippen molar-refractivity contribution in [3.05, 3.63) is 51.6 Å². The summed E-state index contributed by atoms with van der Waals surface area (Å²) in [5.74, 6) is 0. The molecule has 0 spiro atoms. The summed E-state index contributed by atoms with van der Waals surface area (Å²) in [4.78, 5) is 2.50. The van der Waals surface area contributed by atoms with Gasteiger partial charge in [-0.1, -0.05) is 24.8 Å². The second-order valence-electron chi connectivity index (χ2n) is 3.78. The zero-order chi connectivity index (χ0) is 12.3. The first-order chi connectivity index (χ1) is 8.19. The van der Waals surface area contributed by atoms with Crippen LogP contribution < -0.4 is 5.73 Å². The second-order valence-corrected chi connectivity index (χ2v) is 6.09. The number of nitrogen functional groups attached to an aromatic ring is 1. The van der Waals surface area contributed by atoms with Gasteiger partial charge < -0.3 is 5.73 Å². The highest BCUT2D eigenvalue weighted by molar-refractivity contribution is 14.1. The maximum absolute atomic E-state index is 5.67. The van der Waals surface area contributed by atoms with Crippen LogP contribution in [0.5, 0.6) is 0 Å². The SMILES string of the molecule is CCc1ccc(Sc2ccc(N)cc2)cc1I. The summed E-state index contributed by atoms with van der Waals surface area (Å²) >= 11 is 4.17. The Balaban J connectivity index is 2.19. The van der Waals surface area contributed by atoms with Crippen molar-refractivity contribution in [1.82, 2.24) is 0 Å². The molecule has 0 saturated heterocycles. The first-order valence-electron chi connectivity index (χ1n) is 5.51. The van der Waals surface area contributed by atoms with Crippen LogP contribution in [0.3, 0.4) is 0 Å². The number of nitrogens with two attached hydrogens (primary N) is 1. The summed E-state index contributed by atoms with van der Waals surface area (Å²) in [5.41, 5.74) is 7.89. The number of hydrogen-bond donors (Lipinski definition) is 1. The molecule has 0 aliphatic carbocycles. The number of rotatable bonds is 3. The smallest absolute Gasteiger partial charge is 0.0314 e. The molecule has 0 saturated carbocycles. The van der Waals surface area contributed by atoms with Crippen LogP contribution in [-0.2, 0) is 6.42 Å². The molecular formula is C14H14INS. The predicted octanol–water partition coefficient (Wildman–Crippen LogP) is 4.59. The Morgan fingerprint density at radius 1 is 1.06 bits per heavy atom. The maximum Gasteiger partial charge on any atom is 0.0314 e. The van der Waals surface area contributed by atoms with E-state index in [0.717, 1.165) is 12.1 Å². The van der Waals surface area contributed by atoms with Gasteiger partial charge >= 0.3 is 0 Å². The Morgan fingerprint density at radius 3 is 2.29 bits per heavy atom. The van der Waals surface area contributed by atoms with Gasteiger partial charge in [0, 0.05) is 19.0 Å². The highest BCUT2D eigenvalue weighted by Crippen LogP contribution is 2.30. The second kappa shape index (κ2) is 5.78. The summed E-state index contributed by atoms with van der Waals surface area (Å²) in [5, 5.41) is 0. The van der Waals surface area contributed by atoms with Gasteiger partial charge in [0.15, 0.2) is 0 Å². The van der Waals surface area contributed by atoms with Gasteiger partial charge in [-0.05, 0) is 71.0 Å². The lowest BCUT2D eigenvalue weighted by molar-refractivity contribution is 1.11. The summed E-state index contributed by atoms with van der Waals surface area (Å²) in [6.45, 7) is 2.18. The average Bonchev–Trinajstić information content (AvgIpc) is 2.32. The van der Waals surface area contributed by atoms with Crippen LogP contribution >= 0.6 is 34.4 Å². The highest BCUT2D eigenvalue weighted by Gasteiger charge is 2.01. The van der Waals surface area contributed by atoms with E-state index in [2.05, 4.69) is 59.8 Å². The third kappa shape index (κ3) is 3.39. The molecule has 2 rings (SSSR count). The fourth-order valence-corrected chi connectivity index (χ4v) is 3.52. The highest BCUT2D eigenvalue weighted by atomic mass is 127. The van der Waals surface area contributed by atoms with Crippen LogP contribution in [0.4, 0.5) is 5.69 Å². The van der Waals surface area contributed by atoms with E-state index < -0.39 is 0 Å². The van der Waals surface area contributed by atoms with Crippen molar-refractivity contribution in [2.24, 2.45) is 0 Å². The minimum Gasteiger partial charge on any atom is -0.399 e. The molecule has 0 bridgehead atoms. The van der Waals surface area contributed by atoms with Gasteiger partial charge in [-0.3, -0.25) is 0 Å². The van der Waals surface area contributed by atoms with E-state index in [1.54, 1.807) is 11.8 Å². The number of hydrogen-bond acceptors (Lipinski definition) is 2. The summed E-state index contributed by atoms with van der Waals surface area (Å²) in [6.07, 6.45) is 1.09. The quantitative estimate of drug-likeness (QED) is 0.644. The van der Waals surface area contributed by atoms with Gasteiger partial charge in [-0.2, -0.15) is 0 Å². The minimum atomic E-state index is 0.810. The minimum absolute atomic E-state index is 0.810. The normalized spacial score (nSPS) is 10.5. The number of anilines is 1. The molecule has 2 N–H and O–H groups in total. The van der Waals surface area contributed by atoms with Gasteiger partial charge in [0.05, 0.1) is 0 Å². The van der Waals surface area contributed by atoms with E-state index in [-0.39, 0.29) is 0 Å². The average molecular weight is 355 g/mol. The summed E-state index contributed by atoms with van der Waals surface area (Å²) in [7, 11) is 0. The summed E-state index contributed by atoms with van der Waals surface area (Å²) < 4.78 is 1.34. The van der Waals surface area contributed by atoms with Crippen LogP contribution in [0.15, 0.2) is 52.3 Å². The molecule has 2 aromatic rings. The van der Waals surface area contributed by atoms with Crippen molar-refractivity contribution in [2.45, 2.75) is 23.1 Å². The first kappa shape index (κ1) is 12.8. The Hall–Kier alpha value is -0.680. The number of halogens is 1. The van der Waals surface area contributed by atoms with Crippen molar-refractivity contribution >= 4 is 40.0 Å². The zero-order valence-electron chi connectivity index (χ0n) is 9.61. The van der Waals surface area contributed by atoms with Crippen LogP contribution in [0, 0.1) is 3.57 Å². The van der Waals surface area contributed by atoms with E-state index >= 15 is 0 Å². The molecule has 0 aromatic heterocycles. The topological polar surface area (TPSA) is 26.0 Å². The molecule has 0 atom stereocenters. The van der Waals surface area contributed by atoms with E-state index in [1.165, 1.54) is 18.9 Å². The van der Waals surface area contributed by atoms with Crippen molar-refractivity contribution in [2.75, 3.05) is 5.73 Å². The molecule has 0 fully saturated rings. The van der Waals surface area contributed by atoms with Gasteiger partial charge in [-0.15, -0.1) is 0 Å². The Bertz CT molecular complexity index is 508. The molecule has 0 heterocycles. The van der Waals surface area contributed by atoms with Crippen LogP contribution in [0.2, 0.25) is 0 Å². The Labute approximate surface area is 120 Å². The molecule has 0 aliphatic heterocycles. The Kier molecular flexibility index (Phi) is 4.34. The third-order valence-corrected chi connectivity index (χ3v) is 4.52. The van der Waals surface area contributed by atoms with E-state index in [1.807, 2.05) is 12.1 Å². The van der Waals surface area contributed by atoms with Crippen LogP contribution in [0.1, 0.15) is 12.5 Å². The van der Waals surface area contributed by atoms with E-state index in [4.69, 9.17) is 5.73 Å². The zero-order valence-corrected chi connectivity index (χ0v) is 12.6. The predicted molar refractivity (Wildman–Crippen MR) is 83.5 cm³/mol. The fourth-order valence-electron chi connectivity index (χ4n) is 1.55. The van der Waals surface area contributed by atoms with Crippen LogP contribution in [-0.4, -0.2) is 0 Å². The number of aryl methyl sites for hydroxylation is 1. The lowest BCUT2D eigenvalue weighted by atomic mass is 10.2. The van der Waals surface area contributed by atoms with E-state index in [0.29, 0.717) is 0 Å². The van der Waals surface area contributed by atoms with Crippen LogP contribution in [0.25, 0.3) is 0 Å². The lowest BCUT2D eigenvalue weighted by Gasteiger charge is -2.06. The third-order valence-electron chi connectivity index (χ3n) is 2.52. The molecule has 88 valence electrons. The fraction of sp³-hybridized carbons (Fsp3) is 0.143. The summed E-state index contributed by atoms with van der Waals surface area (Å²) in [6, 6.07) is 14.6. The monoisotopic (exact) mass is 355 g/mol. The molecule has 2 aromatic carbocycles. The maximum atomic E-state index is 5.67. The Morgan fingerprint density at radius 2 is 1.71 bits per heavy atom. The van der Waals surface area contributed by atoms with Crippen molar-refractivity contribution in [1.29, 1.82) is 0 Å². The van der Waals surface area contributed by atoms with Crippen molar-refractivity contribution < 1.29 is 0 Å². The molecule has 3 heteroatoms. The standard InChI is InChI=1S/C14H14INS/c1-2-10-3-6-13(9-14(10)15)17-12-7-4-11(16)5-8-12/h3-9H,2,16H2,1H3. The molecule has 0 unspecified atom stereocenters. The lowest BCUT2D eigenvalue weighted by Crippen LogP contribution is -1.86. The van der Waals surface area contributed by atoms with Crippen molar-refractivity contribution in [3.8, 4) is 0 Å². The van der Waals surface area contributed by atoms with Gasteiger partial charge in [0.25, 0.3) is 0 Å². The largest absolute Gasteiger partial charge is 0.399 e. The molecule has 0 amide bonds. The molecule has 1 nitrogen and oxygen atoms in total. The van der Waals surface area contributed by atoms with E-state index in [9.17, 15) is 0 Å². The molecular weight excluding hydrogens is 341 g/mol. The molecule has 17 heavy (non-hydrogen) atoms. The molecule has 0 aliphatic rings. The molecule has 0 radical (unpaired) electrons. The number of benzene rings is 2. The van der Waals surface area contributed by atoms with Gasteiger partial charge in [0.1, 0.15) is 0 Å². The van der Waals surface area contributed by atoms with Crippen molar-refractivity contribution in [3.63, 3.8) is 0 Å².